The van der Waals surface area contributed by atoms with Crippen LogP contribution in [0.1, 0.15) is 29.7 Å². The van der Waals surface area contributed by atoms with Crippen molar-refractivity contribution in [2.45, 2.75) is 26.8 Å². The first kappa shape index (κ1) is 14.3. The highest BCUT2D eigenvalue weighted by molar-refractivity contribution is 5.55. The van der Waals surface area contributed by atoms with Crippen molar-refractivity contribution in [1.82, 2.24) is 0 Å². The summed E-state index contributed by atoms with van der Waals surface area (Å²) in [4.78, 5) is 0. The van der Waals surface area contributed by atoms with Gasteiger partial charge in [-0.1, -0.05) is 12.1 Å². The zero-order chi connectivity index (χ0) is 14.7. The van der Waals surface area contributed by atoms with Crippen LogP contribution in [-0.2, 0) is 0 Å². The van der Waals surface area contributed by atoms with E-state index in [0.29, 0.717) is 5.75 Å². The third kappa shape index (κ3) is 3.05. The Hall–Kier alpha value is -2.16. The molecule has 2 aromatic carbocycles. The van der Waals surface area contributed by atoms with E-state index in [2.05, 4.69) is 37.4 Å². The van der Waals surface area contributed by atoms with E-state index < -0.39 is 0 Å². The van der Waals surface area contributed by atoms with Gasteiger partial charge in [0.1, 0.15) is 11.5 Å². The van der Waals surface area contributed by atoms with Crippen LogP contribution < -0.4 is 10.1 Å². The topological polar surface area (TPSA) is 41.5 Å². The van der Waals surface area contributed by atoms with E-state index in [1.54, 1.807) is 13.2 Å². The van der Waals surface area contributed by atoms with Crippen LogP contribution in [0.15, 0.2) is 36.4 Å². The number of aromatic hydroxyl groups is 1. The number of nitrogens with one attached hydrogen (secondary N) is 1. The normalized spacial score (nSPS) is 12.0. The first-order valence-corrected chi connectivity index (χ1v) is 6.72. The van der Waals surface area contributed by atoms with Crippen LogP contribution in [0.4, 0.5) is 5.69 Å². The van der Waals surface area contributed by atoms with E-state index in [1.165, 1.54) is 11.1 Å². The van der Waals surface area contributed by atoms with Crippen molar-refractivity contribution in [2.75, 3.05) is 12.4 Å². The Morgan fingerprint density at radius 3 is 2.50 bits per heavy atom. The second-order valence-electron chi connectivity index (χ2n) is 5.11. The monoisotopic (exact) mass is 271 g/mol. The second kappa shape index (κ2) is 5.87. The van der Waals surface area contributed by atoms with Crippen LogP contribution in [0.2, 0.25) is 0 Å². The number of methoxy groups -OCH3 is 1. The number of phenolic OH excluding ortho intramolecular Hbond substituents is 1. The quantitative estimate of drug-likeness (QED) is 0.876. The predicted octanol–water partition coefficient (Wildman–Crippen LogP) is 4.19. The zero-order valence-electron chi connectivity index (χ0n) is 12.4. The van der Waals surface area contributed by atoms with E-state index in [1.807, 2.05) is 19.1 Å². The molecule has 0 heterocycles. The lowest BCUT2D eigenvalue weighted by Crippen LogP contribution is -2.08. The number of ether oxygens (including phenoxy) is 1. The maximum absolute atomic E-state index is 10.1. The summed E-state index contributed by atoms with van der Waals surface area (Å²) in [5.74, 6) is 0.903. The summed E-state index contributed by atoms with van der Waals surface area (Å²) in [5.41, 5.74) is 4.35. The number of hydrogen-bond acceptors (Lipinski definition) is 3. The molecular formula is C17H21NO2. The van der Waals surface area contributed by atoms with Crippen molar-refractivity contribution in [3.8, 4) is 11.5 Å². The van der Waals surface area contributed by atoms with E-state index in [9.17, 15) is 5.11 Å². The van der Waals surface area contributed by atoms with E-state index in [0.717, 1.165) is 11.3 Å². The molecule has 0 saturated carbocycles. The molecule has 106 valence electrons. The minimum atomic E-state index is 0.0152. The van der Waals surface area contributed by atoms with Crippen LogP contribution in [0.5, 0.6) is 11.5 Å². The summed E-state index contributed by atoms with van der Waals surface area (Å²) in [5, 5.41) is 13.5. The Morgan fingerprint density at radius 2 is 1.85 bits per heavy atom. The molecule has 1 atom stereocenters. The largest absolute Gasteiger partial charge is 0.507 e. The van der Waals surface area contributed by atoms with Gasteiger partial charge in [-0.3, -0.25) is 0 Å². The number of benzene rings is 2. The first-order chi connectivity index (χ1) is 9.51. The molecule has 20 heavy (non-hydrogen) atoms. The maximum Gasteiger partial charge on any atom is 0.124 e. The number of aryl methyl sites for hydroxylation is 2. The Balaban J connectivity index is 2.23. The van der Waals surface area contributed by atoms with Crippen LogP contribution >= 0.6 is 0 Å². The van der Waals surface area contributed by atoms with Crippen molar-refractivity contribution >= 4 is 5.69 Å². The molecule has 0 aliphatic carbocycles. The van der Waals surface area contributed by atoms with Crippen molar-refractivity contribution in [1.29, 1.82) is 0 Å². The summed E-state index contributed by atoms with van der Waals surface area (Å²) in [6, 6.07) is 11.7. The molecule has 3 heteroatoms. The van der Waals surface area contributed by atoms with Crippen molar-refractivity contribution in [2.24, 2.45) is 0 Å². The van der Waals surface area contributed by atoms with E-state index in [-0.39, 0.29) is 11.8 Å². The molecule has 2 aromatic rings. The molecule has 2 N–H and O–H groups in total. The van der Waals surface area contributed by atoms with Crippen molar-refractivity contribution < 1.29 is 9.84 Å². The Labute approximate surface area is 120 Å². The van der Waals surface area contributed by atoms with Gasteiger partial charge in [0.2, 0.25) is 0 Å². The van der Waals surface area contributed by atoms with Crippen LogP contribution in [-0.4, -0.2) is 12.2 Å². The third-order valence-corrected chi connectivity index (χ3v) is 3.47. The molecule has 0 saturated heterocycles. The molecule has 0 fully saturated rings. The van der Waals surface area contributed by atoms with Crippen molar-refractivity contribution in [3.63, 3.8) is 0 Å². The lowest BCUT2D eigenvalue weighted by atomic mass is 10.0. The summed E-state index contributed by atoms with van der Waals surface area (Å²) >= 11 is 0. The van der Waals surface area contributed by atoms with Gasteiger partial charge in [-0.2, -0.15) is 0 Å². The summed E-state index contributed by atoms with van der Waals surface area (Å²) in [6.07, 6.45) is 0. The molecular weight excluding hydrogens is 250 g/mol. The fraction of sp³-hybridized carbons (Fsp3) is 0.294. The van der Waals surface area contributed by atoms with Crippen LogP contribution in [0, 0.1) is 13.8 Å². The van der Waals surface area contributed by atoms with Gasteiger partial charge >= 0.3 is 0 Å². The molecule has 3 nitrogen and oxygen atoms in total. The fourth-order valence-electron chi connectivity index (χ4n) is 2.22. The maximum atomic E-state index is 10.1. The summed E-state index contributed by atoms with van der Waals surface area (Å²) in [7, 11) is 1.59. The Kier molecular flexibility index (Phi) is 4.18. The lowest BCUT2D eigenvalue weighted by molar-refractivity contribution is 0.406. The minimum absolute atomic E-state index is 0.0152. The van der Waals surface area contributed by atoms with Gasteiger partial charge in [-0.05, 0) is 50.1 Å². The zero-order valence-corrected chi connectivity index (χ0v) is 12.4. The molecule has 0 amide bonds. The van der Waals surface area contributed by atoms with Crippen molar-refractivity contribution in [3.05, 3.63) is 53.1 Å². The molecule has 0 aliphatic heterocycles. The highest BCUT2D eigenvalue weighted by Gasteiger charge is 2.12. The first-order valence-electron chi connectivity index (χ1n) is 6.72. The van der Waals surface area contributed by atoms with Gasteiger partial charge in [0.25, 0.3) is 0 Å². The predicted molar refractivity (Wildman–Crippen MR) is 82.6 cm³/mol. The van der Waals surface area contributed by atoms with Crippen LogP contribution in [0.3, 0.4) is 0 Å². The standard InChI is InChI=1S/C17H21NO2/c1-11-5-6-12(2)16(9-11)18-13(3)15-8-7-14(20-4)10-17(15)19/h5-10,13,18-19H,1-4H3. The summed E-state index contributed by atoms with van der Waals surface area (Å²) < 4.78 is 5.10. The van der Waals surface area contributed by atoms with Gasteiger partial charge in [0, 0.05) is 17.3 Å². The Morgan fingerprint density at radius 1 is 1.10 bits per heavy atom. The molecule has 0 aromatic heterocycles. The lowest BCUT2D eigenvalue weighted by Gasteiger charge is -2.19. The van der Waals surface area contributed by atoms with Crippen LogP contribution in [0.25, 0.3) is 0 Å². The number of anilines is 1. The smallest absolute Gasteiger partial charge is 0.124 e. The molecule has 0 spiro atoms. The number of rotatable bonds is 4. The van der Waals surface area contributed by atoms with E-state index >= 15 is 0 Å². The molecule has 0 aliphatic rings. The number of hydrogen-bond donors (Lipinski definition) is 2. The Bertz CT molecular complexity index is 608. The molecule has 0 bridgehead atoms. The average molecular weight is 271 g/mol. The molecule has 0 radical (unpaired) electrons. The minimum Gasteiger partial charge on any atom is -0.507 e. The van der Waals surface area contributed by atoms with Gasteiger partial charge in [-0.15, -0.1) is 0 Å². The number of phenols is 1. The summed E-state index contributed by atoms with van der Waals surface area (Å²) in [6.45, 7) is 6.17. The second-order valence-corrected chi connectivity index (χ2v) is 5.11. The molecule has 2 rings (SSSR count). The van der Waals surface area contributed by atoms with E-state index in [4.69, 9.17) is 4.74 Å². The third-order valence-electron chi connectivity index (χ3n) is 3.47. The fourth-order valence-corrected chi connectivity index (χ4v) is 2.22. The average Bonchev–Trinajstić information content (AvgIpc) is 2.42. The highest BCUT2D eigenvalue weighted by Crippen LogP contribution is 2.31. The van der Waals surface area contributed by atoms with Gasteiger partial charge in [0.05, 0.1) is 13.2 Å². The highest BCUT2D eigenvalue weighted by atomic mass is 16.5. The SMILES string of the molecule is COc1ccc(C(C)Nc2cc(C)ccc2C)c(O)c1. The molecule has 1 unspecified atom stereocenters. The van der Waals surface area contributed by atoms with Gasteiger partial charge < -0.3 is 15.2 Å². The van der Waals surface area contributed by atoms with Gasteiger partial charge in [-0.25, -0.2) is 0 Å². The van der Waals surface area contributed by atoms with Gasteiger partial charge in [0.15, 0.2) is 0 Å².